The summed E-state index contributed by atoms with van der Waals surface area (Å²) in [6, 6.07) is 2.05. The van der Waals surface area contributed by atoms with Crippen LogP contribution in [-0.2, 0) is 26.6 Å². The zero-order valence-corrected chi connectivity index (χ0v) is 21.6. The molecule has 0 fully saturated rings. The van der Waals surface area contributed by atoms with Crippen LogP contribution in [0, 0.1) is 6.92 Å². The van der Waals surface area contributed by atoms with E-state index in [4.69, 9.17) is 14.8 Å². The van der Waals surface area contributed by atoms with Crippen LogP contribution in [-0.4, -0.2) is 70.5 Å². The molecule has 2 bridgehead atoms. The summed E-state index contributed by atoms with van der Waals surface area (Å²) in [7, 11) is 1.90. The normalized spacial score (nSPS) is 17.4. The van der Waals surface area contributed by atoms with E-state index in [1.807, 2.05) is 30.9 Å². The Kier molecular flexibility index (Phi) is 6.63. The van der Waals surface area contributed by atoms with E-state index < -0.39 is 0 Å². The highest BCUT2D eigenvalue weighted by Gasteiger charge is 2.24. The van der Waals surface area contributed by atoms with Crippen molar-refractivity contribution in [3.05, 3.63) is 40.6 Å². The highest BCUT2D eigenvalue weighted by molar-refractivity contribution is 5.92. The Morgan fingerprint density at radius 1 is 1.22 bits per heavy atom. The van der Waals surface area contributed by atoms with Gasteiger partial charge >= 0.3 is 0 Å². The standard InChI is InChI=1S/C26H34N8O2/c1-6-20-18-8-9-21-19-12-22(27-13-23(19)29-28-21)25-17(4)30-32(5)26(25)36-16(3)14-33(7-2)15-24(18)34(31-20)10-11-35/h8-9,12-13,16,35H,6-7,10-11,14-15H2,1-5H3,(H,28,29)/b9-8+/t16-/m0/s1. The molecule has 10 heteroatoms. The Morgan fingerprint density at radius 2 is 2.06 bits per heavy atom. The number of hydrogen-bond donors (Lipinski definition) is 2. The van der Waals surface area contributed by atoms with Gasteiger partial charge < -0.3 is 9.84 Å². The topological polar surface area (TPSA) is 110 Å². The van der Waals surface area contributed by atoms with Crippen LogP contribution in [0.3, 0.4) is 0 Å². The summed E-state index contributed by atoms with van der Waals surface area (Å²) in [6.07, 6.45) is 6.67. The first kappa shape index (κ1) is 24.2. The number of aromatic amines is 1. The third kappa shape index (κ3) is 4.31. The number of aliphatic hydroxyl groups is 1. The molecule has 1 atom stereocenters. The molecular formula is C26H34N8O2. The van der Waals surface area contributed by atoms with Crippen LogP contribution in [0.4, 0.5) is 0 Å². The molecule has 1 aliphatic heterocycles. The molecule has 0 amide bonds. The minimum Gasteiger partial charge on any atom is -0.473 e. The Balaban J connectivity index is 1.72. The Hall–Kier alpha value is -3.50. The van der Waals surface area contributed by atoms with Crippen molar-refractivity contribution < 1.29 is 9.84 Å². The first-order valence-electron chi connectivity index (χ1n) is 12.6. The van der Waals surface area contributed by atoms with E-state index in [0.717, 1.165) is 70.0 Å². The zero-order chi connectivity index (χ0) is 25.4. The quantitative estimate of drug-likeness (QED) is 0.452. The molecule has 0 aliphatic carbocycles. The van der Waals surface area contributed by atoms with Crippen molar-refractivity contribution in [2.75, 3.05) is 19.7 Å². The molecule has 0 aromatic carbocycles. The van der Waals surface area contributed by atoms with Gasteiger partial charge in [0, 0.05) is 31.1 Å². The van der Waals surface area contributed by atoms with Gasteiger partial charge in [-0.15, -0.1) is 0 Å². The maximum absolute atomic E-state index is 9.71. The van der Waals surface area contributed by atoms with Crippen molar-refractivity contribution in [1.29, 1.82) is 0 Å². The minimum atomic E-state index is -0.0873. The van der Waals surface area contributed by atoms with E-state index in [1.165, 1.54) is 0 Å². The second kappa shape index (κ2) is 9.87. The summed E-state index contributed by atoms with van der Waals surface area (Å²) in [5.74, 6) is 0.706. The van der Waals surface area contributed by atoms with E-state index in [0.29, 0.717) is 19.0 Å². The van der Waals surface area contributed by atoms with Crippen LogP contribution in [0.2, 0.25) is 0 Å². The molecule has 190 valence electrons. The summed E-state index contributed by atoms with van der Waals surface area (Å²) in [4.78, 5) is 7.06. The number of ether oxygens (including phenoxy) is 1. The van der Waals surface area contributed by atoms with E-state index in [-0.39, 0.29) is 12.7 Å². The summed E-state index contributed by atoms with van der Waals surface area (Å²) in [5, 5.41) is 27.8. The molecule has 0 spiro atoms. The number of aliphatic hydroxyl groups excluding tert-OH is 1. The monoisotopic (exact) mass is 490 g/mol. The molecular weight excluding hydrogens is 456 g/mol. The van der Waals surface area contributed by atoms with E-state index in [2.05, 4.69) is 53.1 Å². The highest BCUT2D eigenvalue weighted by Crippen LogP contribution is 2.34. The van der Waals surface area contributed by atoms with Gasteiger partial charge in [-0.1, -0.05) is 13.8 Å². The fourth-order valence-electron chi connectivity index (χ4n) is 5.00. The second-order valence-corrected chi connectivity index (χ2v) is 9.31. The Labute approximate surface area is 210 Å². The summed E-state index contributed by atoms with van der Waals surface area (Å²) in [5.41, 5.74) is 7.44. The van der Waals surface area contributed by atoms with Gasteiger partial charge in [-0.25, -0.2) is 4.68 Å². The number of nitrogens with zero attached hydrogens (tertiary/aromatic N) is 7. The van der Waals surface area contributed by atoms with Crippen LogP contribution in [0.15, 0.2) is 12.3 Å². The van der Waals surface area contributed by atoms with Crippen molar-refractivity contribution in [3.63, 3.8) is 0 Å². The van der Waals surface area contributed by atoms with Gasteiger partial charge in [0.1, 0.15) is 6.10 Å². The van der Waals surface area contributed by atoms with Crippen molar-refractivity contribution in [2.24, 2.45) is 7.05 Å². The predicted molar refractivity (Wildman–Crippen MR) is 139 cm³/mol. The third-order valence-electron chi connectivity index (χ3n) is 6.78. The maximum atomic E-state index is 9.71. The van der Waals surface area contributed by atoms with Crippen molar-refractivity contribution in [2.45, 2.75) is 53.3 Å². The molecule has 0 unspecified atom stereocenters. The van der Waals surface area contributed by atoms with Crippen molar-refractivity contribution in [1.82, 2.24) is 39.6 Å². The van der Waals surface area contributed by atoms with Crippen molar-refractivity contribution in [3.8, 4) is 17.1 Å². The average molecular weight is 491 g/mol. The molecule has 36 heavy (non-hydrogen) atoms. The zero-order valence-electron chi connectivity index (χ0n) is 21.6. The second-order valence-electron chi connectivity index (χ2n) is 9.31. The summed E-state index contributed by atoms with van der Waals surface area (Å²) >= 11 is 0. The first-order valence-corrected chi connectivity index (χ1v) is 12.6. The van der Waals surface area contributed by atoms with Crippen molar-refractivity contribution >= 4 is 23.1 Å². The van der Waals surface area contributed by atoms with E-state index in [9.17, 15) is 5.11 Å². The van der Waals surface area contributed by atoms with Gasteiger partial charge in [0.25, 0.3) is 0 Å². The van der Waals surface area contributed by atoms with Crippen LogP contribution >= 0.6 is 0 Å². The molecule has 4 aromatic heterocycles. The number of rotatable bonds is 4. The smallest absolute Gasteiger partial charge is 0.221 e. The van der Waals surface area contributed by atoms with Gasteiger partial charge in [0.15, 0.2) is 0 Å². The lowest BCUT2D eigenvalue weighted by Gasteiger charge is -2.26. The maximum Gasteiger partial charge on any atom is 0.221 e. The molecule has 0 saturated heterocycles. The minimum absolute atomic E-state index is 0.0367. The number of nitrogens with one attached hydrogen (secondary N) is 1. The van der Waals surface area contributed by atoms with Gasteiger partial charge in [-0.2, -0.15) is 15.3 Å². The lowest BCUT2D eigenvalue weighted by molar-refractivity contribution is 0.133. The third-order valence-corrected chi connectivity index (χ3v) is 6.78. The lowest BCUT2D eigenvalue weighted by atomic mass is 10.1. The number of aryl methyl sites for hydroxylation is 3. The fourth-order valence-corrected chi connectivity index (χ4v) is 5.00. The molecule has 5 rings (SSSR count). The van der Waals surface area contributed by atoms with Gasteiger partial charge in [-0.3, -0.25) is 19.7 Å². The molecule has 5 heterocycles. The van der Waals surface area contributed by atoms with E-state index >= 15 is 0 Å². The molecule has 2 N–H and O–H groups in total. The van der Waals surface area contributed by atoms with Crippen LogP contribution in [0.5, 0.6) is 5.88 Å². The molecule has 0 radical (unpaired) electrons. The van der Waals surface area contributed by atoms with Gasteiger partial charge in [0.05, 0.1) is 58.9 Å². The Bertz CT molecular complexity index is 1410. The van der Waals surface area contributed by atoms with Crippen LogP contribution in [0.1, 0.15) is 49.1 Å². The van der Waals surface area contributed by atoms with E-state index in [1.54, 1.807) is 4.68 Å². The lowest BCUT2D eigenvalue weighted by Crippen LogP contribution is -2.34. The largest absolute Gasteiger partial charge is 0.473 e. The van der Waals surface area contributed by atoms with Gasteiger partial charge in [-0.05, 0) is 45.0 Å². The number of H-pyrrole nitrogens is 1. The summed E-state index contributed by atoms with van der Waals surface area (Å²) < 4.78 is 10.2. The average Bonchev–Trinajstić information content (AvgIpc) is 3.50. The van der Waals surface area contributed by atoms with Gasteiger partial charge in [0.2, 0.25) is 5.88 Å². The van der Waals surface area contributed by atoms with Crippen LogP contribution in [0.25, 0.3) is 34.3 Å². The molecule has 10 nitrogen and oxygen atoms in total. The predicted octanol–water partition coefficient (Wildman–Crippen LogP) is 3.19. The van der Waals surface area contributed by atoms with Crippen LogP contribution < -0.4 is 4.74 Å². The number of fused-ring (bicyclic) bond motifs is 4. The number of hydrogen-bond acceptors (Lipinski definition) is 7. The summed E-state index contributed by atoms with van der Waals surface area (Å²) in [6.45, 7) is 11.1. The fraction of sp³-hybridized carbons (Fsp3) is 0.462. The molecule has 4 aromatic rings. The number of pyridine rings is 1. The highest BCUT2D eigenvalue weighted by atomic mass is 16.5. The molecule has 0 saturated carbocycles. The number of aromatic nitrogens is 7. The molecule has 1 aliphatic rings. The Morgan fingerprint density at radius 3 is 2.81 bits per heavy atom. The number of likely N-dealkylation sites (N-methyl/N-ethyl adjacent to an activating group) is 1. The first-order chi connectivity index (χ1) is 17.4. The SMILES string of the molecule is CCc1nn(CCO)c2c1/C=C/c1n[nH]c3cnc(cc13)-c1c(C)nn(C)c1O[C@@H](C)CN(CC)C2.